The first kappa shape index (κ1) is 54.4. The minimum Gasteiger partial charge on any atom is -0.462 e. The highest BCUT2D eigenvalue weighted by Gasteiger charge is 2.22. The van der Waals surface area contributed by atoms with E-state index in [1.165, 1.54) is 89.9 Å². The van der Waals surface area contributed by atoms with Gasteiger partial charge in [-0.15, -0.1) is 0 Å². The molecule has 0 bridgehead atoms. The van der Waals surface area contributed by atoms with E-state index in [2.05, 4.69) is 11.4 Å². The number of allylic oxidation sites excluding steroid dienone is 8. The number of unbranched alkanes of at least 4 members (excludes halogenated alkanes) is 17. The molecule has 0 aromatic rings. The summed E-state index contributed by atoms with van der Waals surface area (Å²) in [6, 6.07) is 0. The first-order valence-electron chi connectivity index (χ1n) is 21.9. The molecular formula is C46H79O10P. The second-order valence-electron chi connectivity index (χ2n) is 14.7. The van der Waals surface area contributed by atoms with Gasteiger partial charge in [0.1, 0.15) is 6.61 Å². The number of carbonyl (C=O) groups excluding carboxylic acids is 2. The Labute approximate surface area is 345 Å². The van der Waals surface area contributed by atoms with Crippen molar-refractivity contribution in [2.75, 3.05) is 13.2 Å². The number of phosphoric acid groups is 1. The molecule has 0 aliphatic carbocycles. The van der Waals surface area contributed by atoms with Gasteiger partial charge in [0.2, 0.25) is 0 Å². The quantitative estimate of drug-likeness (QED) is 0.0154. The van der Waals surface area contributed by atoms with E-state index < -0.39 is 44.7 Å². The molecular weight excluding hydrogens is 743 g/mol. The fourth-order valence-electron chi connectivity index (χ4n) is 5.87. The number of ether oxygens (including phenoxy) is 2. The van der Waals surface area contributed by atoms with Crippen LogP contribution in [0, 0.1) is 0 Å². The average molecular weight is 823 g/mol. The molecule has 0 fully saturated rings. The Hall–Kier alpha value is -2.59. The maximum Gasteiger partial charge on any atom is 0.469 e. The summed E-state index contributed by atoms with van der Waals surface area (Å²) in [6.07, 6.45) is 45.6. The summed E-state index contributed by atoms with van der Waals surface area (Å²) in [7, 11) is -4.80. The highest BCUT2D eigenvalue weighted by atomic mass is 31.2. The van der Waals surface area contributed by atoms with E-state index >= 15 is 0 Å². The summed E-state index contributed by atoms with van der Waals surface area (Å²) in [4.78, 5) is 42.9. The predicted molar refractivity (Wildman–Crippen MR) is 232 cm³/mol. The molecule has 0 amide bonds. The molecule has 0 heterocycles. The Morgan fingerprint density at radius 2 is 1.04 bits per heavy atom. The van der Waals surface area contributed by atoms with Crippen LogP contribution >= 0.6 is 7.82 Å². The van der Waals surface area contributed by atoms with Gasteiger partial charge < -0.3 is 29.5 Å². The van der Waals surface area contributed by atoms with Crippen molar-refractivity contribution in [1.82, 2.24) is 0 Å². The summed E-state index contributed by atoms with van der Waals surface area (Å²) < 4.78 is 26.3. The van der Waals surface area contributed by atoms with Gasteiger partial charge in [0.15, 0.2) is 6.10 Å². The third kappa shape index (κ3) is 42.8. The predicted octanol–water partition coefficient (Wildman–Crippen LogP) is 11.4. The number of hydrogen-bond donors (Lipinski definition) is 4. The number of aliphatic hydroxyl groups excluding tert-OH is 2. The Morgan fingerprint density at radius 1 is 0.561 bits per heavy atom. The van der Waals surface area contributed by atoms with Crippen LogP contribution in [0.15, 0.2) is 72.9 Å². The van der Waals surface area contributed by atoms with Crippen LogP contribution < -0.4 is 0 Å². The number of rotatable bonds is 39. The van der Waals surface area contributed by atoms with E-state index in [9.17, 15) is 24.4 Å². The van der Waals surface area contributed by atoms with Crippen LogP contribution in [-0.4, -0.2) is 63.5 Å². The second kappa shape index (κ2) is 40.2. The maximum absolute atomic E-state index is 12.4. The van der Waals surface area contributed by atoms with E-state index in [-0.39, 0.29) is 19.4 Å². The lowest BCUT2D eigenvalue weighted by Crippen LogP contribution is -2.29. The molecule has 57 heavy (non-hydrogen) atoms. The van der Waals surface area contributed by atoms with Crippen LogP contribution in [0.2, 0.25) is 0 Å². The molecule has 4 N–H and O–H groups in total. The van der Waals surface area contributed by atoms with E-state index in [0.717, 1.165) is 25.7 Å². The van der Waals surface area contributed by atoms with Gasteiger partial charge in [-0.1, -0.05) is 196 Å². The van der Waals surface area contributed by atoms with Crippen molar-refractivity contribution < 1.29 is 48.2 Å². The zero-order valence-corrected chi connectivity index (χ0v) is 36.3. The highest BCUT2D eigenvalue weighted by molar-refractivity contribution is 7.46. The molecule has 0 spiro atoms. The van der Waals surface area contributed by atoms with Crippen molar-refractivity contribution in [3.63, 3.8) is 0 Å². The zero-order chi connectivity index (χ0) is 42.1. The number of aliphatic hydroxyl groups is 2. The molecule has 0 saturated carbocycles. The Bertz CT molecular complexity index is 1190. The van der Waals surface area contributed by atoms with Gasteiger partial charge in [0.05, 0.1) is 18.8 Å². The monoisotopic (exact) mass is 823 g/mol. The standard InChI is InChI=1S/C46H79O10P/c1-3-5-7-8-9-10-11-12-13-14-15-16-17-18-19-20-25-33-39-46(50)56-44(41-55-57(51,52)53)40-54-45(49)38-32-24-22-21-23-29-35-43(48)37-31-27-26-30-36-42(47)34-28-6-4-2/h6,22-24,26-31,36-37,42-44,47-48H,3-5,7-21,25,32-35,38-41H2,1-2H3,(H2,51,52,53)/b24-22-,27-26-,28-6-,29-23-,36-30+,37-31+/t42-,43+,44-/m1/s1. The van der Waals surface area contributed by atoms with Crippen LogP contribution in [0.3, 0.4) is 0 Å². The van der Waals surface area contributed by atoms with Crippen molar-refractivity contribution in [1.29, 1.82) is 0 Å². The summed E-state index contributed by atoms with van der Waals surface area (Å²) in [5.74, 6) is -1.05. The topological polar surface area (TPSA) is 160 Å². The molecule has 0 aromatic heterocycles. The second-order valence-corrected chi connectivity index (χ2v) is 15.9. The van der Waals surface area contributed by atoms with E-state index in [1.54, 1.807) is 36.5 Å². The van der Waals surface area contributed by atoms with Gasteiger partial charge in [0, 0.05) is 12.8 Å². The van der Waals surface area contributed by atoms with Crippen LogP contribution in [0.4, 0.5) is 0 Å². The molecule has 0 aliphatic heterocycles. The summed E-state index contributed by atoms with van der Waals surface area (Å²) in [5, 5.41) is 19.9. The first-order chi connectivity index (χ1) is 27.6. The molecule has 0 unspecified atom stereocenters. The minimum absolute atomic E-state index is 0.0839. The third-order valence-corrected chi connectivity index (χ3v) is 9.65. The van der Waals surface area contributed by atoms with Crippen molar-refractivity contribution in [3.05, 3.63) is 72.9 Å². The first-order valence-corrected chi connectivity index (χ1v) is 23.5. The summed E-state index contributed by atoms with van der Waals surface area (Å²) >= 11 is 0. The van der Waals surface area contributed by atoms with E-state index in [0.29, 0.717) is 32.1 Å². The van der Waals surface area contributed by atoms with Crippen molar-refractivity contribution in [3.8, 4) is 0 Å². The van der Waals surface area contributed by atoms with Crippen molar-refractivity contribution >= 4 is 19.8 Å². The highest BCUT2D eigenvalue weighted by Crippen LogP contribution is 2.36. The smallest absolute Gasteiger partial charge is 0.462 e. The van der Waals surface area contributed by atoms with Crippen LogP contribution in [-0.2, 0) is 28.2 Å². The van der Waals surface area contributed by atoms with Crippen molar-refractivity contribution in [2.45, 2.75) is 193 Å². The largest absolute Gasteiger partial charge is 0.469 e. The number of esters is 2. The molecule has 328 valence electrons. The Kier molecular flexibility index (Phi) is 38.4. The van der Waals surface area contributed by atoms with Crippen LogP contribution in [0.25, 0.3) is 0 Å². The van der Waals surface area contributed by atoms with Gasteiger partial charge in [-0.25, -0.2) is 4.57 Å². The van der Waals surface area contributed by atoms with Crippen LogP contribution in [0.1, 0.15) is 174 Å². The van der Waals surface area contributed by atoms with Gasteiger partial charge in [0.25, 0.3) is 0 Å². The molecule has 0 aromatic carbocycles. The van der Waals surface area contributed by atoms with Crippen LogP contribution in [0.5, 0.6) is 0 Å². The molecule has 0 rings (SSSR count). The fourth-order valence-corrected chi connectivity index (χ4v) is 6.23. The van der Waals surface area contributed by atoms with Gasteiger partial charge in [-0.05, 0) is 38.5 Å². The molecule has 3 atom stereocenters. The van der Waals surface area contributed by atoms with Gasteiger partial charge >= 0.3 is 19.8 Å². The Morgan fingerprint density at radius 3 is 1.53 bits per heavy atom. The van der Waals surface area contributed by atoms with Gasteiger partial charge in [-0.2, -0.15) is 0 Å². The molecule has 0 radical (unpaired) electrons. The lowest BCUT2D eigenvalue weighted by atomic mass is 10.0. The molecule has 0 aliphatic rings. The number of phosphoric ester groups is 1. The average Bonchev–Trinajstić information content (AvgIpc) is 3.17. The zero-order valence-electron chi connectivity index (χ0n) is 35.4. The minimum atomic E-state index is -4.80. The number of carbonyl (C=O) groups is 2. The fraction of sp³-hybridized carbons (Fsp3) is 0.696. The van der Waals surface area contributed by atoms with Gasteiger partial charge in [-0.3, -0.25) is 14.1 Å². The number of hydrogen-bond acceptors (Lipinski definition) is 8. The van der Waals surface area contributed by atoms with E-state index in [1.807, 2.05) is 43.4 Å². The normalized spacial score (nSPS) is 14.3. The third-order valence-electron chi connectivity index (χ3n) is 9.17. The maximum atomic E-state index is 12.4. The van der Waals surface area contributed by atoms with E-state index in [4.69, 9.17) is 19.3 Å². The molecule has 10 nitrogen and oxygen atoms in total. The lowest BCUT2D eigenvalue weighted by molar-refractivity contribution is -0.161. The SMILES string of the molecule is CC/C=C\C[C@@H](O)/C=C/C=C\C=C\[C@@H](O)C/C=C\C/C=C\CCC(=O)OC[C@H](COP(=O)(O)O)OC(=O)CCCCCCCCCCCCCCCCCCCC. The lowest BCUT2D eigenvalue weighted by Gasteiger charge is -2.18. The van der Waals surface area contributed by atoms with Crippen molar-refractivity contribution in [2.24, 2.45) is 0 Å². The Balaban J connectivity index is 4.12. The summed E-state index contributed by atoms with van der Waals surface area (Å²) in [6.45, 7) is 3.36. The molecule has 11 heteroatoms. The summed E-state index contributed by atoms with van der Waals surface area (Å²) in [5.41, 5.74) is 0. The molecule has 0 saturated heterocycles.